The van der Waals surface area contributed by atoms with Crippen molar-refractivity contribution in [3.05, 3.63) is 120 Å². The Kier molecular flexibility index (Phi) is 7.71. The zero-order valence-electron chi connectivity index (χ0n) is 23.3. The Labute approximate surface area is 253 Å². The molecule has 0 saturated heterocycles. The maximum Gasteiger partial charge on any atom is 0.265 e. The molecule has 2 aromatic heterocycles. The SMILES string of the molecule is CC(C)c1ccc(S(=O)(=O)NC(=O)c2ccccc2-c2nc(-c3ccc(-c4csc(-c5ccccc5)n4)cc3)no2)cc1. The Balaban J connectivity index is 1.20. The molecule has 0 spiro atoms. The summed E-state index contributed by atoms with van der Waals surface area (Å²) in [5.74, 6) is -0.124. The van der Waals surface area contributed by atoms with Crippen LogP contribution < -0.4 is 4.72 Å². The van der Waals surface area contributed by atoms with Crippen molar-refractivity contribution in [1.82, 2.24) is 19.8 Å². The summed E-state index contributed by atoms with van der Waals surface area (Å²) < 4.78 is 33.6. The minimum atomic E-state index is -4.10. The average Bonchev–Trinajstić information content (AvgIpc) is 3.73. The summed E-state index contributed by atoms with van der Waals surface area (Å²) in [7, 11) is -4.10. The van der Waals surface area contributed by atoms with E-state index in [2.05, 4.69) is 14.9 Å². The van der Waals surface area contributed by atoms with Crippen molar-refractivity contribution in [3.8, 4) is 44.7 Å². The summed E-state index contributed by atoms with van der Waals surface area (Å²) in [6.45, 7) is 4.04. The van der Waals surface area contributed by atoms with Gasteiger partial charge in [-0.15, -0.1) is 11.3 Å². The van der Waals surface area contributed by atoms with Gasteiger partial charge in [0.05, 0.1) is 21.7 Å². The van der Waals surface area contributed by atoms with Gasteiger partial charge < -0.3 is 4.52 Å². The lowest BCUT2D eigenvalue weighted by molar-refractivity contribution is 0.0981. The number of aromatic nitrogens is 3. The van der Waals surface area contributed by atoms with Gasteiger partial charge in [0.15, 0.2) is 0 Å². The Morgan fingerprint density at radius 3 is 2.19 bits per heavy atom. The van der Waals surface area contributed by atoms with E-state index in [1.807, 2.05) is 73.8 Å². The third-order valence-corrected chi connectivity index (χ3v) is 9.11. The molecule has 0 atom stereocenters. The normalized spacial score (nSPS) is 11.5. The molecule has 214 valence electrons. The van der Waals surface area contributed by atoms with E-state index < -0.39 is 15.9 Å². The van der Waals surface area contributed by atoms with E-state index in [-0.39, 0.29) is 22.3 Å². The highest BCUT2D eigenvalue weighted by atomic mass is 32.2. The molecule has 43 heavy (non-hydrogen) atoms. The molecule has 0 unspecified atom stereocenters. The number of hydrogen-bond donors (Lipinski definition) is 1. The van der Waals surface area contributed by atoms with E-state index in [1.165, 1.54) is 18.2 Å². The van der Waals surface area contributed by atoms with Crippen LogP contribution in [-0.4, -0.2) is 29.4 Å². The topological polar surface area (TPSA) is 115 Å². The molecule has 0 aliphatic rings. The number of carbonyl (C=O) groups excluding carboxylic acids is 1. The minimum absolute atomic E-state index is 0.000181. The fourth-order valence-corrected chi connectivity index (χ4v) is 6.30. The summed E-state index contributed by atoms with van der Waals surface area (Å²) in [6, 6.07) is 30.6. The first-order valence-electron chi connectivity index (χ1n) is 13.5. The molecule has 0 aliphatic carbocycles. The Morgan fingerprint density at radius 2 is 1.47 bits per heavy atom. The van der Waals surface area contributed by atoms with Gasteiger partial charge >= 0.3 is 0 Å². The molecule has 10 heteroatoms. The minimum Gasteiger partial charge on any atom is -0.334 e. The fraction of sp³-hybridized carbons (Fsp3) is 0.0909. The number of nitrogens with zero attached hydrogens (tertiary/aromatic N) is 3. The number of nitrogens with one attached hydrogen (secondary N) is 1. The van der Waals surface area contributed by atoms with E-state index in [0.29, 0.717) is 17.0 Å². The second-order valence-electron chi connectivity index (χ2n) is 10.1. The fourth-order valence-electron chi connectivity index (χ4n) is 4.50. The summed E-state index contributed by atoms with van der Waals surface area (Å²) in [5, 5.41) is 7.07. The first-order chi connectivity index (χ1) is 20.8. The van der Waals surface area contributed by atoms with Gasteiger partial charge in [0.2, 0.25) is 5.82 Å². The van der Waals surface area contributed by atoms with Crippen molar-refractivity contribution in [1.29, 1.82) is 0 Å². The number of benzene rings is 4. The van der Waals surface area contributed by atoms with Gasteiger partial charge in [0.25, 0.3) is 21.8 Å². The third-order valence-electron chi connectivity index (χ3n) is 6.88. The molecule has 8 nitrogen and oxygen atoms in total. The van der Waals surface area contributed by atoms with E-state index in [0.717, 1.165) is 27.4 Å². The molecular formula is C33H26N4O4S2. The molecule has 0 aliphatic heterocycles. The molecule has 6 aromatic rings. The van der Waals surface area contributed by atoms with Gasteiger partial charge in [-0.1, -0.05) is 97.9 Å². The van der Waals surface area contributed by atoms with Crippen LogP contribution in [0.2, 0.25) is 0 Å². The second kappa shape index (κ2) is 11.7. The molecule has 6 rings (SSSR count). The van der Waals surface area contributed by atoms with E-state index >= 15 is 0 Å². The van der Waals surface area contributed by atoms with E-state index in [9.17, 15) is 13.2 Å². The summed E-state index contributed by atoms with van der Waals surface area (Å²) in [5.41, 5.74) is 5.01. The number of thiazole rings is 1. The van der Waals surface area contributed by atoms with Gasteiger partial charge in [0, 0.05) is 22.1 Å². The highest BCUT2D eigenvalue weighted by Crippen LogP contribution is 2.31. The van der Waals surface area contributed by atoms with Crippen LogP contribution in [0, 0.1) is 0 Å². The second-order valence-corrected chi connectivity index (χ2v) is 12.6. The van der Waals surface area contributed by atoms with Crippen molar-refractivity contribution < 1.29 is 17.7 Å². The van der Waals surface area contributed by atoms with Crippen LogP contribution >= 0.6 is 11.3 Å². The van der Waals surface area contributed by atoms with Crippen LogP contribution in [0.25, 0.3) is 44.7 Å². The quantitative estimate of drug-likeness (QED) is 0.191. The van der Waals surface area contributed by atoms with Crippen LogP contribution in [0.4, 0.5) is 0 Å². The highest BCUT2D eigenvalue weighted by molar-refractivity contribution is 7.90. The predicted molar refractivity (Wildman–Crippen MR) is 167 cm³/mol. The Hall–Kier alpha value is -4.93. The lowest BCUT2D eigenvalue weighted by Gasteiger charge is -2.10. The Morgan fingerprint density at radius 1 is 0.791 bits per heavy atom. The lowest BCUT2D eigenvalue weighted by atomic mass is 10.0. The average molecular weight is 607 g/mol. The highest BCUT2D eigenvalue weighted by Gasteiger charge is 2.23. The molecule has 1 N–H and O–H groups in total. The molecule has 0 bridgehead atoms. The zero-order chi connectivity index (χ0) is 30.0. The predicted octanol–water partition coefficient (Wildman–Crippen LogP) is 7.44. The van der Waals surface area contributed by atoms with E-state index in [1.54, 1.807) is 41.7 Å². The van der Waals surface area contributed by atoms with Crippen LogP contribution in [-0.2, 0) is 10.0 Å². The van der Waals surface area contributed by atoms with Crippen molar-refractivity contribution in [2.24, 2.45) is 0 Å². The van der Waals surface area contributed by atoms with Gasteiger partial charge in [-0.2, -0.15) is 4.98 Å². The maximum atomic E-state index is 13.2. The smallest absolute Gasteiger partial charge is 0.265 e. The van der Waals surface area contributed by atoms with Crippen LogP contribution in [0.15, 0.2) is 118 Å². The van der Waals surface area contributed by atoms with Gasteiger partial charge in [-0.05, 0) is 35.7 Å². The maximum absolute atomic E-state index is 13.2. The lowest BCUT2D eigenvalue weighted by Crippen LogP contribution is -2.31. The number of sulfonamides is 1. The van der Waals surface area contributed by atoms with Crippen molar-refractivity contribution in [2.75, 3.05) is 0 Å². The summed E-state index contributed by atoms with van der Waals surface area (Å²) in [4.78, 5) is 22.4. The molecule has 0 fully saturated rings. The van der Waals surface area contributed by atoms with Crippen LogP contribution in [0.1, 0.15) is 35.7 Å². The summed E-state index contributed by atoms with van der Waals surface area (Å²) >= 11 is 1.58. The van der Waals surface area contributed by atoms with Crippen LogP contribution in [0.5, 0.6) is 0 Å². The van der Waals surface area contributed by atoms with Gasteiger partial charge in [-0.25, -0.2) is 18.1 Å². The third kappa shape index (κ3) is 6.01. The van der Waals surface area contributed by atoms with Crippen LogP contribution in [0.3, 0.4) is 0 Å². The standard InChI is InChI=1S/C33H26N4O4S2/c1-21(2)22-16-18-26(19-17-22)43(39,40)37-31(38)27-10-6-7-11-28(27)32-35-30(36-41-32)24-14-12-23(13-15-24)29-20-42-33(34-29)25-8-4-3-5-9-25/h3-21H,1-2H3,(H,37,38). The van der Waals surface area contributed by atoms with Gasteiger partial charge in [0.1, 0.15) is 5.01 Å². The first kappa shape index (κ1) is 28.2. The summed E-state index contributed by atoms with van der Waals surface area (Å²) in [6.07, 6.45) is 0. The Bertz CT molecular complexity index is 2000. The molecule has 0 saturated carbocycles. The molecule has 1 amide bonds. The molecular weight excluding hydrogens is 581 g/mol. The van der Waals surface area contributed by atoms with Gasteiger partial charge in [-0.3, -0.25) is 4.79 Å². The largest absolute Gasteiger partial charge is 0.334 e. The first-order valence-corrected chi connectivity index (χ1v) is 15.9. The number of carbonyl (C=O) groups is 1. The number of amides is 1. The molecule has 0 radical (unpaired) electrons. The number of hydrogen-bond acceptors (Lipinski definition) is 8. The van der Waals surface area contributed by atoms with Crippen molar-refractivity contribution in [2.45, 2.75) is 24.7 Å². The zero-order valence-corrected chi connectivity index (χ0v) is 24.9. The molecule has 4 aromatic carbocycles. The van der Waals surface area contributed by atoms with Crippen molar-refractivity contribution in [3.63, 3.8) is 0 Å². The van der Waals surface area contributed by atoms with E-state index in [4.69, 9.17) is 9.51 Å². The van der Waals surface area contributed by atoms with Crippen molar-refractivity contribution >= 4 is 27.3 Å². The number of rotatable bonds is 8. The monoisotopic (exact) mass is 606 g/mol. The molecule has 2 heterocycles.